The number of ether oxygens (including phenoxy) is 1. The first-order valence-corrected chi connectivity index (χ1v) is 5.59. The van der Waals surface area contributed by atoms with Crippen molar-refractivity contribution in [2.24, 2.45) is 0 Å². The van der Waals surface area contributed by atoms with E-state index in [0.29, 0.717) is 17.0 Å². The zero-order valence-corrected chi connectivity index (χ0v) is 10.3. The van der Waals surface area contributed by atoms with E-state index < -0.39 is 5.97 Å². The molecule has 5 heteroatoms. The third-order valence-electron chi connectivity index (χ3n) is 2.32. The number of rotatable bonds is 2. The van der Waals surface area contributed by atoms with Gasteiger partial charge in [0.1, 0.15) is 0 Å². The molecule has 0 aliphatic heterocycles. The Balaban J connectivity index is 2.58. The second-order valence-electron chi connectivity index (χ2n) is 3.55. The summed E-state index contributed by atoms with van der Waals surface area (Å²) in [6, 6.07) is 1.82. The molecule has 0 aliphatic carbocycles. The normalized spacial score (nSPS) is 10.5. The first-order chi connectivity index (χ1) is 8.13. The van der Waals surface area contributed by atoms with Gasteiger partial charge in [-0.3, -0.25) is 9.97 Å². The first-order valence-electron chi connectivity index (χ1n) is 5.21. The molecule has 2 heterocycles. The van der Waals surface area contributed by atoms with E-state index in [4.69, 9.17) is 16.3 Å². The molecule has 88 valence electrons. The third-order valence-corrected chi connectivity index (χ3v) is 2.73. The van der Waals surface area contributed by atoms with Gasteiger partial charge in [0.05, 0.1) is 22.7 Å². The van der Waals surface area contributed by atoms with Crippen LogP contribution in [-0.4, -0.2) is 22.5 Å². The van der Waals surface area contributed by atoms with E-state index in [2.05, 4.69) is 9.97 Å². The van der Waals surface area contributed by atoms with Crippen LogP contribution in [0.15, 0.2) is 18.5 Å². The van der Waals surface area contributed by atoms with Gasteiger partial charge in [0.25, 0.3) is 0 Å². The molecular formula is C12H11ClN2O2. The van der Waals surface area contributed by atoms with Crippen molar-refractivity contribution >= 4 is 28.5 Å². The van der Waals surface area contributed by atoms with Gasteiger partial charge >= 0.3 is 5.97 Å². The van der Waals surface area contributed by atoms with Crippen LogP contribution in [0.4, 0.5) is 0 Å². The Morgan fingerprint density at radius 2 is 2.18 bits per heavy atom. The molecule has 17 heavy (non-hydrogen) atoms. The molecule has 0 spiro atoms. The number of fused-ring (bicyclic) bond motifs is 1. The Hall–Kier alpha value is -1.68. The molecule has 4 nitrogen and oxygen atoms in total. The average Bonchev–Trinajstić information content (AvgIpc) is 2.29. The van der Waals surface area contributed by atoms with Crippen LogP contribution in [0, 0.1) is 6.92 Å². The van der Waals surface area contributed by atoms with E-state index in [9.17, 15) is 4.79 Å². The van der Waals surface area contributed by atoms with Crippen LogP contribution in [0.1, 0.15) is 23.0 Å². The Morgan fingerprint density at radius 3 is 2.88 bits per heavy atom. The van der Waals surface area contributed by atoms with Crippen LogP contribution in [0.25, 0.3) is 10.9 Å². The zero-order chi connectivity index (χ0) is 12.4. The van der Waals surface area contributed by atoms with Crippen molar-refractivity contribution in [1.82, 2.24) is 9.97 Å². The molecule has 0 bridgehead atoms. The van der Waals surface area contributed by atoms with Crippen molar-refractivity contribution in [3.8, 4) is 0 Å². The summed E-state index contributed by atoms with van der Waals surface area (Å²) in [6.07, 6.45) is 3.05. The number of pyridine rings is 2. The van der Waals surface area contributed by atoms with E-state index >= 15 is 0 Å². The summed E-state index contributed by atoms with van der Waals surface area (Å²) < 4.78 is 4.90. The second-order valence-corrected chi connectivity index (χ2v) is 3.93. The summed E-state index contributed by atoms with van der Waals surface area (Å²) in [7, 11) is 0. The van der Waals surface area contributed by atoms with Gasteiger partial charge in [-0.15, -0.1) is 0 Å². The fraction of sp³-hybridized carbons (Fsp3) is 0.250. The SMILES string of the molecule is CCOC(=O)c1cnc2cc(C)ncc2c1Cl. The van der Waals surface area contributed by atoms with E-state index in [1.807, 2.05) is 13.0 Å². The number of esters is 1. The molecule has 0 radical (unpaired) electrons. The number of nitrogens with zero attached hydrogens (tertiary/aromatic N) is 2. The Bertz CT molecular complexity index is 584. The van der Waals surface area contributed by atoms with Crippen LogP contribution in [0.3, 0.4) is 0 Å². The minimum atomic E-state index is -0.465. The molecule has 0 fully saturated rings. The van der Waals surface area contributed by atoms with Crippen molar-refractivity contribution < 1.29 is 9.53 Å². The van der Waals surface area contributed by atoms with Crippen molar-refractivity contribution in [2.75, 3.05) is 6.61 Å². The average molecular weight is 251 g/mol. The minimum absolute atomic E-state index is 0.270. The van der Waals surface area contributed by atoms with Crippen LogP contribution in [0.5, 0.6) is 0 Å². The lowest BCUT2D eigenvalue weighted by molar-refractivity contribution is 0.0526. The molecule has 0 N–H and O–H groups in total. The minimum Gasteiger partial charge on any atom is -0.462 e. The summed E-state index contributed by atoms with van der Waals surface area (Å²) in [5.41, 5.74) is 1.84. The van der Waals surface area contributed by atoms with Gasteiger partial charge < -0.3 is 4.74 Å². The van der Waals surface area contributed by atoms with Crippen molar-refractivity contribution in [1.29, 1.82) is 0 Å². The fourth-order valence-corrected chi connectivity index (χ4v) is 1.78. The maximum atomic E-state index is 11.6. The summed E-state index contributed by atoms with van der Waals surface area (Å²) in [5.74, 6) is -0.465. The maximum absolute atomic E-state index is 11.6. The zero-order valence-electron chi connectivity index (χ0n) is 9.53. The molecule has 2 rings (SSSR count). The van der Waals surface area contributed by atoms with Crippen molar-refractivity contribution in [2.45, 2.75) is 13.8 Å². The summed E-state index contributed by atoms with van der Waals surface area (Å²) in [5, 5.41) is 0.990. The number of halogens is 1. The largest absolute Gasteiger partial charge is 0.462 e. The van der Waals surface area contributed by atoms with Gasteiger partial charge in [-0.1, -0.05) is 11.6 Å². The topological polar surface area (TPSA) is 52.1 Å². The summed E-state index contributed by atoms with van der Waals surface area (Å²) in [6.45, 7) is 3.92. The number of hydrogen-bond donors (Lipinski definition) is 0. The maximum Gasteiger partial charge on any atom is 0.341 e. The highest BCUT2D eigenvalue weighted by atomic mass is 35.5. The predicted octanol–water partition coefficient (Wildman–Crippen LogP) is 2.77. The molecule has 0 aliphatic rings. The molecule has 2 aromatic heterocycles. The predicted molar refractivity (Wildman–Crippen MR) is 65.2 cm³/mol. The number of aryl methyl sites for hydroxylation is 1. The Labute approximate surface area is 104 Å². The van der Waals surface area contributed by atoms with Crippen LogP contribution in [0.2, 0.25) is 5.02 Å². The first kappa shape index (κ1) is 11.8. The van der Waals surface area contributed by atoms with Crippen LogP contribution < -0.4 is 0 Å². The standard InChI is InChI=1S/C12H11ClN2O2/c1-3-17-12(16)9-6-15-10-4-7(2)14-5-8(10)11(9)13/h4-6H,3H2,1-2H3. The van der Waals surface area contributed by atoms with E-state index in [1.165, 1.54) is 6.20 Å². The number of aromatic nitrogens is 2. The Kier molecular flexibility index (Phi) is 3.24. The molecule has 2 aromatic rings. The smallest absolute Gasteiger partial charge is 0.341 e. The van der Waals surface area contributed by atoms with Gasteiger partial charge in [-0.05, 0) is 19.9 Å². The van der Waals surface area contributed by atoms with Gasteiger partial charge in [0.15, 0.2) is 0 Å². The van der Waals surface area contributed by atoms with Gasteiger partial charge in [0.2, 0.25) is 0 Å². The van der Waals surface area contributed by atoms with Gasteiger partial charge in [-0.25, -0.2) is 4.79 Å². The molecular weight excluding hydrogens is 240 g/mol. The molecule has 0 saturated heterocycles. The highest BCUT2D eigenvalue weighted by Gasteiger charge is 2.15. The highest BCUT2D eigenvalue weighted by molar-refractivity contribution is 6.38. The lowest BCUT2D eigenvalue weighted by Crippen LogP contribution is -2.06. The van der Waals surface area contributed by atoms with Crippen LogP contribution >= 0.6 is 11.6 Å². The van der Waals surface area contributed by atoms with Crippen molar-refractivity contribution in [3.05, 3.63) is 34.7 Å². The lowest BCUT2D eigenvalue weighted by atomic mass is 10.2. The van der Waals surface area contributed by atoms with Gasteiger partial charge in [0, 0.05) is 23.5 Å². The van der Waals surface area contributed by atoms with Crippen molar-refractivity contribution in [3.63, 3.8) is 0 Å². The highest BCUT2D eigenvalue weighted by Crippen LogP contribution is 2.25. The fourth-order valence-electron chi connectivity index (χ4n) is 1.51. The molecule has 0 amide bonds. The monoisotopic (exact) mass is 250 g/mol. The third kappa shape index (κ3) is 2.22. The van der Waals surface area contributed by atoms with E-state index in [0.717, 1.165) is 11.2 Å². The second kappa shape index (κ2) is 4.67. The van der Waals surface area contributed by atoms with Gasteiger partial charge in [-0.2, -0.15) is 0 Å². The molecule has 0 saturated carbocycles. The van der Waals surface area contributed by atoms with Crippen LogP contribution in [-0.2, 0) is 4.74 Å². The van der Waals surface area contributed by atoms with E-state index in [-0.39, 0.29) is 5.56 Å². The molecule has 0 unspecified atom stereocenters. The molecule has 0 aromatic carbocycles. The van der Waals surface area contributed by atoms with E-state index in [1.54, 1.807) is 13.1 Å². The summed E-state index contributed by atoms with van der Waals surface area (Å²) in [4.78, 5) is 19.9. The number of carbonyl (C=O) groups is 1. The lowest BCUT2D eigenvalue weighted by Gasteiger charge is -2.06. The number of carbonyl (C=O) groups excluding carboxylic acids is 1. The summed E-state index contributed by atoms with van der Waals surface area (Å²) >= 11 is 6.14. The number of hydrogen-bond acceptors (Lipinski definition) is 4. The quantitative estimate of drug-likeness (QED) is 0.769. The Morgan fingerprint density at radius 1 is 1.41 bits per heavy atom. The molecule has 0 atom stereocenters.